The van der Waals surface area contributed by atoms with E-state index in [9.17, 15) is 13.2 Å². The van der Waals surface area contributed by atoms with E-state index in [1.54, 1.807) is 48.5 Å². The van der Waals surface area contributed by atoms with Crippen LogP contribution in [0.15, 0.2) is 97.6 Å². The average molecular weight is 559 g/mol. The molecule has 0 unspecified atom stereocenters. The molecule has 4 aromatic carbocycles. The van der Waals surface area contributed by atoms with Gasteiger partial charge in [0.25, 0.3) is 0 Å². The molecule has 0 aliphatic rings. The molecule has 0 aliphatic heterocycles. The van der Waals surface area contributed by atoms with Crippen molar-refractivity contribution in [2.24, 2.45) is 0 Å². The smallest absolute Gasteiger partial charge is 0.137 e. The SMILES string of the molecule is Fc1ccc(CNc2ncnc3ccc(F)cc23)cc1.Fc1ccccc1CNc1ncnc2ccc(Cl)cc12. The van der Waals surface area contributed by atoms with Gasteiger partial charge in [0.15, 0.2) is 0 Å². The minimum Gasteiger partial charge on any atom is -0.365 e. The lowest BCUT2D eigenvalue weighted by molar-refractivity contribution is 0.613. The molecule has 2 N–H and O–H groups in total. The number of rotatable bonds is 6. The van der Waals surface area contributed by atoms with Crippen molar-refractivity contribution >= 4 is 45.0 Å². The highest BCUT2D eigenvalue weighted by Crippen LogP contribution is 2.24. The van der Waals surface area contributed by atoms with Gasteiger partial charge in [-0.2, -0.15) is 0 Å². The van der Waals surface area contributed by atoms with Gasteiger partial charge in [-0.25, -0.2) is 33.1 Å². The van der Waals surface area contributed by atoms with Crippen LogP contribution in [0.3, 0.4) is 0 Å². The number of nitrogens with one attached hydrogen (secondary N) is 2. The summed E-state index contributed by atoms with van der Waals surface area (Å²) in [4.78, 5) is 16.6. The van der Waals surface area contributed by atoms with Crippen LogP contribution in [0.4, 0.5) is 24.8 Å². The second-order valence-electron chi connectivity index (χ2n) is 8.69. The number of hydrogen-bond acceptors (Lipinski definition) is 6. The molecule has 0 saturated carbocycles. The molecular weight excluding hydrogens is 537 g/mol. The summed E-state index contributed by atoms with van der Waals surface area (Å²) in [7, 11) is 0. The van der Waals surface area contributed by atoms with Crippen molar-refractivity contribution in [3.63, 3.8) is 0 Å². The Morgan fingerprint density at radius 1 is 0.600 bits per heavy atom. The Morgan fingerprint density at radius 2 is 1.20 bits per heavy atom. The molecule has 0 bridgehead atoms. The predicted octanol–water partition coefficient (Wildman–Crippen LogP) is 7.55. The van der Waals surface area contributed by atoms with Crippen molar-refractivity contribution in [3.8, 4) is 0 Å². The van der Waals surface area contributed by atoms with Gasteiger partial charge in [-0.1, -0.05) is 41.9 Å². The topological polar surface area (TPSA) is 75.6 Å². The molecule has 0 fully saturated rings. The van der Waals surface area contributed by atoms with Gasteiger partial charge in [-0.05, 0) is 60.2 Å². The molecule has 0 aliphatic carbocycles. The second kappa shape index (κ2) is 12.4. The predicted molar refractivity (Wildman–Crippen MR) is 151 cm³/mol. The highest BCUT2D eigenvalue weighted by molar-refractivity contribution is 6.31. The van der Waals surface area contributed by atoms with E-state index >= 15 is 0 Å². The van der Waals surface area contributed by atoms with Crippen molar-refractivity contribution < 1.29 is 13.2 Å². The van der Waals surface area contributed by atoms with Crippen molar-refractivity contribution in [1.29, 1.82) is 0 Å². The Kier molecular flexibility index (Phi) is 8.32. The summed E-state index contributed by atoms with van der Waals surface area (Å²) in [6.07, 6.45) is 2.90. The fraction of sp³-hybridized carbons (Fsp3) is 0.0667. The molecular formula is C30H22ClF3N6. The lowest BCUT2D eigenvalue weighted by atomic mass is 10.2. The molecule has 6 nitrogen and oxygen atoms in total. The Morgan fingerprint density at radius 3 is 1.90 bits per heavy atom. The normalized spacial score (nSPS) is 10.7. The highest BCUT2D eigenvalue weighted by Gasteiger charge is 2.07. The largest absolute Gasteiger partial charge is 0.365 e. The third-order valence-corrected chi connectivity index (χ3v) is 6.21. The molecule has 2 aromatic heterocycles. The zero-order valence-corrected chi connectivity index (χ0v) is 21.7. The van der Waals surface area contributed by atoms with Crippen molar-refractivity contribution in [2.45, 2.75) is 13.1 Å². The summed E-state index contributed by atoms with van der Waals surface area (Å²) in [5.41, 5.74) is 2.96. The van der Waals surface area contributed by atoms with E-state index in [2.05, 4.69) is 30.6 Å². The van der Waals surface area contributed by atoms with Gasteiger partial charge in [-0.3, -0.25) is 0 Å². The Bertz CT molecular complexity index is 1770. The average Bonchev–Trinajstić information content (AvgIpc) is 2.97. The van der Waals surface area contributed by atoms with Gasteiger partial charge in [0, 0.05) is 34.4 Å². The monoisotopic (exact) mass is 558 g/mol. The summed E-state index contributed by atoms with van der Waals surface area (Å²) in [5, 5.41) is 8.28. The lowest BCUT2D eigenvalue weighted by Crippen LogP contribution is -2.04. The fourth-order valence-electron chi connectivity index (χ4n) is 3.95. The minimum absolute atomic E-state index is 0.239. The molecule has 10 heteroatoms. The van der Waals surface area contributed by atoms with Gasteiger partial charge in [0.05, 0.1) is 11.0 Å². The lowest BCUT2D eigenvalue weighted by Gasteiger charge is -2.09. The molecule has 0 saturated heterocycles. The van der Waals surface area contributed by atoms with Crippen LogP contribution in [0.5, 0.6) is 0 Å². The van der Waals surface area contributed by atoms with Gasteiger partial charge in [-0.15, -0.1) is 0 Å². The highest BCUT2D eigenvalue weighted by atomic mass is 35.5. The third kappa shape index (κ3) is 6.62. The second-order valence-corrected chi connectivity index (χ2v) is 9.13. The van der Waals surface area contributed by atoms with Crippen LogP contribution in [-0.2, 0) is 13.1 Å². The van der Waals surface area contributed by atoms with E-state index < -0.39 is 0 Å². The zero-order chi connectivity index (χ0) is 27.9. The fourth-order valence-corrected chi connectivity index (χ4v) is 4.12. The summed E-state index contributed by atoms with van der Waals surface area (Å²) in [6.45, 7) is 0.828. The van der Waals surface area contributed by atoms with Crippen LogP contribution in [0, 0.1) is 17.5 Å². The maximum absolute atomic E-state index is 13.6. The van der Waals surface area contributed by atoms with Crippen molar-refractivity contribution in [3.05, 3.63) is 131 Å². The van der Waals surface area contributed by atoms with Crippen LogP contribution >= 0.6 is 11.6 Å². The van der Waals surface area contributed by atoms with Crippen molar-refractivity contribution in [1.82, 2.24) is 19.9 Å². The number of aromatic nitrogens is 4. The van der Waals surface area contributed by atoms with Crippen LogP contribution in [0.2, 0.25) is 5.02 Å². The number of fused-ring (bicyclic) bond motifs is 2. The first-order valence-electron chi connectivity index (χ1n) is 12.2. The first kappa shape index (κ1) is 26.8. The molecule has 6 aromatic rings. The first-order valence-corrected chi connectivity index (χ1v) is 12.6. The van der Waals surface area contributed by atoms with Gasteiger partial charge >= 0.3 is 0 Å². The van der Waals surface area contributed by atoms with E-state index in [0.717, 1.165) is 16.5 Å². The summed E-state index contributed by atoms with van der Waals surface area (Å²) >= 11 is 5.99. The number of hydrogen-bond donors (Lipinski definition) is 2. The molecule has 0 amide bonds. The molecule has 0 atom stereocenters. The molecule has 200 valence electrons. The maximum atomic E-state index is 13.6. The van der Waals surface area contributed by atoms with E-state index in [0.29, 0.717) is 46.2 Å². The Hall–Kier alpha value is -4.76. The summed E-state index contributed by atoms with van der Waals surface area (Å²) in [5.74, 6) is 0.344. The van der Waals surface area contributed by atoms with E-state index in [-0.39, 0.29) is 17.5 Å². The molecule has 0 spiro atoms. The van der Waals surface area contributed by atoms with Gasteiger partial charge in [0.1, 0.15) is 41.7 Å². The van der Waals surface area contributed by atoms with Gasteiger partial charge < -0.3 is 10.6 Å². The van der Waals surface area contributed by atoms with E-state index in [1.165, 1.54) is 43.0 Å². The third-order valence-electron chi connectivity index (χ3n) is 5.97. The molecule has 40 heavy (non-hydrogen) atoms. The molecule has 6 rings (SSSR count). The van der Waals surface area contributed by atoms with Crippen molar-refractivity contribution in [2.75, 3.05) is 10.6 Å². The molecule has 2 heterocycles. The number of benzene rings is 4. The summed E-state index contributed by atoms with van der Waals surface area (Å²) < 4.78 is 39.7. The quantitative estimate of drug-likeness (QED) is 0.220. The van der Waals surface area contributed by atoms with E-state index in [4.69, 9.17) is 11.6 Å². The number of anilines is 2. The van der Waals surface area contributed by atoms with E-state index in [1.807, 2.05) is 6.07 Å². The Balaban J connectivity index is 0.000000161. The standard InChI is InChI=1S/C15H11ClFN3.C15H11F2N3/c16-11-5-6-14-12(7-11)15(20-9-19-14)18-8-10-3-1-2-4-13(10)17;16-11-3-1-10(2-4-11)8-18-15-13-7-12(17)5-6-14(13)19-9-20-15/h2*1-7,9H,8H2,(H,18,19,20). The van der Waals surface area contributed by atoms with Crippen LogP contribution in [-0.4, -0.2) is 19.9 Å². The first-order chi connectivity index (χ1) is 19.5. The maximum Gasteiger partial charge on any atom is 0.137 e. The van der Waals surface area contributed by atoms with Gasteiger partial charge in [0.2, 0.25) is 0 Å². The van der Waals surface area contributed by atoms with Crippen LogP contribution in [0.25, 0.3) is 21.8 Å². The minimum atomic E-state index is -0.336. The number of halogens is 4. The summed E-state index contributed by atoms with van der Waals surface area (Å²) in [6, 6.07) is 22.6. The van der Waals surface area contributed by atoms with Crippen LogP contribution in [0.1, 0.15) is 11.1 Å². The number of nitrogens with zero attached hydrogens (tertiary/aromatic N) is 4. The molecule has 0 radical (unpaired) electrons. The Labute approximate surface area is 232 Å². The zero-order valence-electron chi connectivity index (χ0n) is 21.0. The van der Waals surface area contributed by atoms with Crippen LogP contribution < -0.4 is 10.6 Å².